The van der Waals surface area contributed by atoms with Crippen LogP contribution >= 0.6 is 0 Å². The number of nitrogens with one attached hydrogen (secondary N) is 1. The van der Waals surface area contributed by atoms with E-state index in [2.05, 4.69) is 11.2 Å². The number of terminal acetylenes is 1. The van der Waals surface area contributed by atoms with Gasteiger partial charge in [-0.2, -0.15) is 0 Å². The van der Waals surface area contributed by atoms with Crippen LogP contribution in [0.15, 0.2) is 12.3 Å². The predicted molar refractivity (Wildman–Crippen MR) is 60.4 cm³/mol. The Labute approximate surface area is 89.5 Å². The van der Waals surface area contributed by atoms with E-state index in [1.807, 2.05) is 18.4 Å². The minimum atomic E-state index is -0.196. The molecular weight excluding hydrogens is 190 g/mol. The van der Waals surface area contributed by atoms with Crippen molar-refractivity contribution in [2.45, 2.75) is 19.9 Å². The van der Waals surface area contributed by atoms with Crippen LogP contribution in [0.3, 0.4) is 0 Å². The summed E-state index contributed by atoms with van der Waals surface area (Å²) in [5.41, 5.74) is 6.76. The van der Waals surface area contributed by atoms with Gasteiger partial charge in [-0.25, -0.2) is 0 Å². The first-order valence-corrected chi connectivity index (χ1v) is 4.75. The van der Waals surface area contributed by atoms with E-state index in [4.69, 9.17) is 12.2 Å². The molecular formula is C11H15N3O. The van der Waals surface area contributed by atoms with Crippen molar-refractivity contribution in [2.75, 3.05) is 12.3 Å². The van der Waals surface area contributed by atoms with Crippen LogP contribution in [0.1, 0.15) is 30.4 Å². The van der Waals surface area contributed by atoms with Gasteiger partial charge >= 0.3 is 0 Å². The Hall–Kier alpha value is -1.89. The number of amides is 1. The van der Waals surface area contributed by atoms with Gasteiger partial charge in [-0.3, -0.25) is 4.79 Å². The zero-order valence-electron chi connectivity index (χ0n) is 8.95. The molecule has 0 saturated carbocycles. The number of aromatic nitrogens is 1. The third-order valence-corrected chi connectivity index (χ3v) is 2.01. The average Bonchev–Trinajstić information content (AvgIpc) is 2.57. The van der Waals surface area contributed by atoms with Crippen LogP contribution in [0.5, 0.6) is 0 Å². The van der Waals surface area contributed by atoms with E-state index in [1.165, 1.54) is 0 Å². The molecule has 0 aliphatic rings. The molecule has 0 atom stereocenters. The molecule has 0 aromatic carbocycles. The molecule has 15 heavy (non-hydrogen) atoms. The van der Waals surface area contributed by atoms with Crippen LogP contribution in [0.4, 0.5) is 5.69 Å². The quantitative estimate of drug-likeness (QED) is 0.723. The Morgan fingerprint density at radius 1 is 1.73 bits per heavy atom. The number of nitrogens with zero attached hydrogens (tertiary/aromatic N) is 1. The topological polar surface area (TPSA) is 60.1 Å². The highest BCUT2D eigenvalue weighted by molar-refractivity contribution is 5.94. The normalized spacial score (nSPS) is 10.0. The molecule has 1 amide bonds. The fourth-order valence-electron chi connectivity index (χ4n) is 1.33. The zero-order chi connectivity index (χ0) is 11.4. The summed E-state index contributed by atoms with van der Waals surface area (Å²) in [6.07, 6.45) is 6.81. The summed E-state index contributed by atoms with van der Waals surface area (Å²) < 4.78 is 1.82. The van der Waals surface area contributed by atoms with Gasteiger partial charge in [-0.1, -0.05) is 5.92 Å². The molecule has 0 aliphatic carbocycles. The lowest BCUT2D eigenvalue weighted by atomic mass is 10.3. The molecule has 1 aromatic rings. The summed E-state index contributed by atoms with van der Waals surface area (Å²) in [4.78, 5) is 11.7. The predicted octanol–water partition coefficient (Wildman–Crippen LogP) is 1.01. The van der Waals surface area contributed by atoms with Crippen molar-refractivity contribution in [3.05, 3.63) is 18.0 Å². The van der Waals surface area contributed by atoms with Gasteiger partial charge in [0, 0.05) is 12.2 Å². The molecule has 0 aliphatic heterocycles. The van der Waals surface area contributed by atoms with Gasteiger partial charge in [-0.05, 0) is 19.9 Å². The number of nitrogens with two attached hydrogens (primary N) is 1. The highest BCUT2D eigenvalue weighted by atomic mass is 16.1. The highest BCUT2D eigenvalue weighted by Gasteiger charge is 2.13. The van der Waals surface area contributed by atoms with Crippen molar-refractivity contribution in [1.29, 1.82) is 0 Å². The summed E-state index contributed by atoms with van der Waals surface area (Å²) in [6.45, 7) is 4.19. The maximum absolute atomic E-state index is 11.7. The highest BCUT2D eigenvalue weighted by Crippen LogP contribution is 2.16. The van der Waals surface area contributed by atoms with Crippen molar-refractivity contribution in [2.24, 2.45) is 0 Å². The SMILES string of the molecule is C#CCNC(=O)c1cc(N)cn1C(C)C. The van der Waals surface area contributed by atoms with Crippen molar-refractivity contribution in [3.8, 4) is 12.3 Å². The largest absolute Gasteiger partial charge is 0.397 e. The Kier molecular flexibility index (Phi) is 3.40. The van der Waals surface area contributed by atoms with Gasteiger partial charge < -0.3 is 15.6 Å². The van der Waals surface area contributed by atoms with Crippen molar-refractivity contribution < 1.29 is 4.79 Å². The van der Waals surface area contributed by atoms with Gasteiger partial charge in [0.25, 0.3) is 5.91 Å². The number of carbonyl (C=O) groups is 1. The average molecular weight is 205 g/mol. The molecule has 0 bridgehead atoms. The molecule has 1 rings (SSSR count). The van der Waals surface area contributed by atoms with Crippen molar-refractivity contribution in [3.63, 3.8) is 0 Å². The van der Waals surface area contributed by atoms with Crippen molar-refractivity contribution >= 4 is 11.6 Å². The van der Waals surface area contributed by atoms with Gasteiger partial charge in [0.05, 0.1) is 12.2 Å². The summed E-state index contributed by atoms with van der Waals surface area (Å²) in [6, 6.07) is 1.83. The smallest absolute Gasteiger partial charge is 0.268 e. The molecule has 1 aromatic heterocycles. The number of hydrogen-bond donors (Lipinski definition) is 2. The third-order valence-electron chi connectivity index (χ3n) is 2.01. The lowest BCUT2D eigenvalue weighted by Gasteiger charge is -2.11. The lowest BCUT2D eigenvalue weighted by molar-refractivity contribution is 0.0948. The van der Waals surface area contributed by atoms with Crippen LogP contribution in [-0.2, 0) is 0 Å². The standard InChI is InChI=1S/C11H15N3O/c1-4-5-13-11(15)10-6-9(12)7-14(10)8(2)3/h1,6-8H,5,12H2,2-3H3,(H,13,15). The summed E-state index contributed by atoms with van der Waals surface area (Å²) in [7, 11) is 0. The van der Waals surface area contributed by atoms with Gasteiger partial charge in [0.2, 0.25) is 0 Å². The summed E-state index contributed by atoms with van der Waals surface area (Å²) >= 11 is 0. The zero-order valence-corrected chi connectivity index (χ0v) is 8.95. The number of rotatable bonds is 3. The van der Waals surface area contributed by atoms with Gasteiger partial charge in [0.1, 0.15) is 5.69 Å². The molecule has 0 unspecified atom stereocenters. The first kappa shape index (κ1) is 11.2. The van der Waals surface area contributed by atoms with Gasteiger partial charge in [0.15, 0.2) is 0 Å². The van der Waals surface area contributed by atoms with E-state index in [-0.39, 0.29) is 18.5 Å². The molecule has 0 fully saturated rings. The lowest BCUT2D eigenvalue weighted by Crippen LogP contribution is -2.26. The molecule has 80 valence electrons. The number of nitrogen functional groups attached to an aromatic ring is 1. The molecule has 0 radical (unpaired) electrons. The van der Waals surface area contributed by atoms with E-state index < -0.39 is 0 Å². The van der Waals surface area contributed by atoms with E-state index in [9.17, 15) is 4.79 Å². The first-order valence-electron chi connectivity index (χ1n) is 4.75. The second kappa shape index (κ2) is 4.56. The minimum Gasteiger partial charge on any atom is -0.397 e. The van der Waals surface area contributed by atoms with Crippen LogP contribution in [0.2, 0.25) is 0 Å². The van der Waals surface area contributed by atoms with E-state index >= 15 is 0 Å². The summed E-state index contributed by atoms with van der Waals surface area (Å²) in [5, 5.41) is 2.61. The van der Waals surface area contributed by atoms with Gasteiger partial charge in [-0.15, -0.1) is 6.42 Å². The van der Waals surface area contributed by atoms with Crippen LogP contribution in [-0.4, -0.2) is 17.0 Å². The third kappa shape index (κ3) is 2.53. The number of anilines is 1. The second-order valence-corrected chi connectivity index (χ2v) is 3.55. The Morgan fingerprint density at radius 2 is 2.40 bits per heavy atom. The monoisotopic (exact) mass is 205 g/mol. The van der Waals surface area contributed by atoms with E-state index in [0.29, 0.717) is 11.4 Å². The molecule has 3 N–H and O–H groups in total. The van der Waals surface area contributed by atoms with Crippen LogP contribution < -0.4 is 11.1 Å². The van der Waals surface area contributed by atoms with E-state index in [0.717, 1.165) is 0 Å². The van der Waals surface area contributed by atoms with E-state index in [1.54, 1.807) is 12.3 Å². The maximum Gasteiger partial charge on any atom is 0.268 e. The van der Waals surface area contributed by atoms with Crippen LogP contribution in [0.25, 0.3) is 0 Å². The fraction of sp³-hybridized carbons (Fsp3) is 0.364. The Bertz CT molecular complexity index is 398. The maximum atomic E-state index is 11.7. The van der Waals surface area contributed by atoms with Crippen molar-refractivity contribution in [1.82, 2.24) is 9.88 Å². The molecule has 0 saturated heterocycles. The number of carbonyl (C=O) groups excluding carboxylic acids is 1. The summed E-state index contributed by atoms with van der Waals surface area (Å²) in [5.74, 6) is 2.16. The Balaban J connectivity index is 2.93. The number of hydrogen-bond acceptors (Lipinski definition) is 2. The molecule has 1 heterocycles. The first-order chi connectivity index (χ1) is 7.06. The molecule has 4 heteroatoms. The second-order valence-electron chi connectivity index (χ2n) is 3.55. The minimum absolute atomic E-state index is 0.189. The molecule has 0 spiro atoms. The fourth-order valence-corrected chi connectivity index (χ4v) is 1.33. The van der Waals surface area contributed by atoms with Crippen LogP contribution in [0, 0.1) is 12.3 Å². The molecule has 4 nitrogen and oxygen atoms in total. The Morgan fingerprint density at radius 3 is 2.93 bits per heavy atom.